The second-order valence-electron chi connectivity index (χ2n) is 5.80. The molecular formula is C19H23F3IN3O3. The number of rotatable bonds is 8. The van der Waals surface area contributed by atoms with Crippen LogP contribution in [-0.4, -0.2) is 33.0 Å². The van der Waals surface area contributed by atoms with Gasteiger partial charge in [-0.25, -0.2) is 4.99 Å². The van der Waals surface area contributed by atoms with Crippen LogP contribution in [0, 0.1) is 0 Å². The lowest BCUT2D eigenvalue weighted by molar-refractivity contribution is -0.153. The molecule has 0 aromatic heterocycles. The molecule has 0 aliphatic rings. The van der Waals surface area contributed by atoms with E-state index in [0.717, 1.165) is 5.56 Å². The molecule has 2 aromatic rings. The van der Waals surface area contributed by atoms with Crippen molar-refractivity contribution < 1.29 is 27.4 Å². The average molecular weight is 525 g/mol. The smallest absolute Gasteiger partial charge is 0.422 e. The molecule has 0 unspecified atom stereocenters. The largest absolute Gasteiger partial charge is 0.493 e. The van der Waals surface area contributed by atoms with E-state index < -0.39 is 12.8 Å². The van der Waals surface area contributed by atoms with E-state index in [4.69, 9.17) is 19.9 Å². The van der Waals surface area contributed by atoms with Gasteiger partial charge in [0, 0.05) is 6.54 Å². The van der Waals surface area contributed by atoms with Gasteiger partial charge in [-0.05, 0) is 35.4 Å². The van der Waals surface area contributed by atoms with Crippen LogP contribution >= 0.6 is 24.0 Å². The number of nitrogens with two attached hydrogens (primary N) is 1. The lowest BCUT2D eigenvalue weighted by atomic mass is 10.2. The normalized spacial score (nSPS) is 11.4. The molecule has 3 N–H and O–H groups in total. The van der Waals surface area contributed by atoms with Gasteiger partial charge in [-0.3, -0.25) is 0 Å². The summed E-state index contributed by atoms with van der Waals surface area (Å²) in [7, 11) is 3.11. The molecule has 6 nitrogen and oxygen atoms in total. The molecule has 2 rings (SSSR count). The third kappa shape index (κ3) is 8.67. The molecule has 160 valence electrons. The number of nitrogens with one attached hydrogen (secondary N) is 1. The number of ether oxygens (including phenoxy) is 3. The Hall–Kier alpha value is -2.37. The molecule has 0 atom stereocenters. The van der Waals surface area contributed by atoms with Crippen molar-refractivity contribution >= 4 is 29.9 Å². The first-order chi connectivity index (χ1) is 13.3. The highest BCUT2D eigenvalue weighted by Gasteiger charge is 2.28. The Morgan fingerprint density at radius 2 is 1.76 bits per heavy atom. The number of alkyl halides is 3. The highest BCUT2D eigenvalue weighted by Crippen LogP contribution is 2.27. The summed E-state index contributed by atoms with van der Waals surface area (Å²) in [5.41, 5.74) is 7.44. The summed E-state index contributed by atoms with van der Waals surface area (Å²) in [6, 6.07) is 11.8. The lowest BCUT2D eigenvalue weighted by Crippen LogP contribution is -2.31. The number of benzene rings is 2. The molecule has 29 heavy (non-hydrogen) atoms. The van der Waals surface area contributed by atoms with E-state index in [1.807, 2.05) is 12.1 Å². The van der Waals surface area contributed by atoms with Crippen LogP contribution in [0.5, 0.6) is 17.2 Å². The predicted octanol–water partition coefficient (Wildman–Crippen LogP) is 3.87. The Labute approximate surface area is 184 Å². The number of hydrogen-bond donors (Lipinski definition) is 2. The van der Waals surface area contributed by atoms with E-state index in [1.165, 1.54) is 12.1 Å². The van der Waals surface area contributed by atoms with Crippen molar-refractivity contribution in [3.8, 4) is 17.2 Å². The first-order valence-corrected chi connectivity index (χ1v) is 8.34. The summed E-state index contributed by atoms with van der Waals surface area (Å²) in [5, 5.41) is 2.97. The van der Waals surface area contributed by atoms with Crippen LogP contribution in [0.2, 0.25) is 0 Å². The first kappa shape index (κ1) is 24.7. The Morgan fingerprint density at radius 3 is 2.41 bits per heavy atom. The molecule has 0 amide bonds. The standard InChI is InChI=1S/C19H22F3N3O3.HI/c1-26-16-7-6-14(9-17(16)27-2)11-25-18(23)24-10-13-4-3-5-15(8-13)28-12-19(20,21)22;/h3-9H,10-12H2,1-2H3,(H3,23,24,25);1H. The van der Waals surface area contributed by atoms with Gasteiger partial charge in [0.05, 0.1) is 20.8 Å². The van der Waals surface area contributed by atoms with E-state index in [-0.39, 0.29) is 42.2 Å². The van der Waals surface area contributed by atoms with Crippen molar-refractivity contribution in [2.75, 3.05) is 20.8 Å². The molecule has 0 aliphatic carbocycles. The van der Waals surface area contributed by atoms with E-state index in [9.17, 15) is 13.2 Å². The maximum absolute atomic E-state index is 12.2. The molecule has 2 aromatic carbocycles. The van der Waals surface area contributed by atoms with Crippen LogP contribution < -0.4 is 25.3 Å². The molecule has 0 bridgehead atoms. The fraction of sp³-hybridized carbons (Fsp3) is 0.316. The van der Waals surface area contributed by atoms with E-state index in [1.54, 1.807) is 32.4 Å². The summed E-state index contributed by atoms with van der Waals surface area (Å²) in [6.45, 7) is -0.715. The highest BCUT2D eigenvalue weighted by molar-refractivity contribution is 14.0. The molecule has 0 aliphatic heterocycles. The summed E-state index contributed by atoms with van der Waals surface area (Å²) >= 11 is 0. The van der Waals surface area contributed by atoms with Crippen LogP contribution in [0.1, 0.15) is 11.1 Å². The van der Waals surface area contributed by atoms with Crippen molar-refractivity contribution in [1.29, 1.82) is 0 Å². The van der Waals surface area contributed by atoms with Gasteiger partial charge in [-0.2, -0.15) is 13.2 Å². The van der Waals surface area contributed by atoms with Crippen LogP contribution in [0.4, 0.5) is 13.2 Å². The zero-order chi connectivity index (χ0) is 20.6. The van der Waals surface area contributed by atoms with Crippen LogP contribution in [0.25, 0.3) is 0 Å². The van der Waals surface area contributed by atoms with Gasteiger partial charge >= 0.3 is 6.18 Å². The molecule has 0 saturated carbocycles. The zero-order valence-corrected chi connectivity index (χ0v) is 18.3. The molecule has 0 spiro atoms. The van der Waals surface area contributed by atoms with Crippen LogP contribution in [0.3, 0.4) is 0 Å². The monoisotopic (exact) mass is 525 g/mol. The Kier molecular flexibility index (Phi) is 9.86. The molecule has 0 fully saturated rings. The summed E-state index contributed by atoms with van der Waals surface area (Å²) in [5.74, 6) is 1.56. The zero-order valence-electron chi connectivity index (χ0n) is 16.0. The third-order valence-corrected chi connectivity index (χ3v) is 3.65. The Morgan fingerprint density at radius 1 is 1.03 bits per heavy atom. The van der Waals surface area contributed by atoms with Gasteiger partial charge in [-0.1, -0.05) is 18.2 Å². The van der Waals surface area contributed by atoms with Crippen LogP contribution in [0.15, 0.2) is 47.5 Å². The van der Waals surface area contributed by atoms with E-state index >= 15 is 0 Å². The fourth-order valence-electron chi connectivity index (χ4n) is 2.31. The van der Waals surface area contributed by atoms with Crippen molar-refractivity contribution in [3.05, 3.63) is 53.6 Å². The van der Waals surface area contributed by atoms with Crippen molar-refractivity contribution in [2.24, 2.45) is 10.7 Å². The fourth-order valence-corrected chi connectivity index (χ4v) is 2.31. The van der Waals surface area contributed by atoms with Crippen molar-refractivity contribution in [3.63, 3.8) is 0 Å². The van der Waals surface area contributed by atoms with Crippen molar-refractivity contribution in [2.45, 2.75) is 19.3 Å². The molecular weight excluding hydrogens is 502 g/mol. The van der Waals surface area contributed by atoms with Gasteiger partial charge in [0.1, 0.15) is 5.75 Å². The molecule has 0 saturated heterocycles. The van der Waals surface area contributed by atoms with Gasteiger partial charge in [-0.15, -0.1) is 24.0 Å². The number of guanidine groups is 1. The van der Waals surface area contributed by atoms with Gasteiger partial charge in [0.2, 0.25) is 0 Å². The topological polar surface area (TPSA) is 78.1 Å². The Bertz CT molecular complexity index is 817. The SMILES string of the molecule is COc1ccc(CNC(N)=NCc2cccc(OCC(F)(F)F)c2)cc1OC.I. The van der Waals surface area contributed by atoms with E-state index in [0.29, 0.717) is 23.6 Å². The van der Waals surface area contributed by atoms with Crippen molar-refractivity contribution in [1.82, 2.24) is 5.32 Å². The minimum atomic E-state index is -4.38. The quantitative estimate of drug-likeness (QED) is 0.311. The number of halogens is 4. The van der Waals surface area contributed by atoms with Gasteiger partial charge in [0.15, 0.2) is 24.1 Å². The van der Waals surface area contributed by atoms with Gasteiger partial charge < -0.3 is 25.3 Å². The molecule has 0 heterocycles. The second-order valence-corrected chi connectivity index (χ2v) is 5.80. The second kappa shape index (κ2) is 11.6. The summed E-state index contributed by atoms with van der Waals surface area (Å²) in [4.78, 5) is 4.19. The number of hydrogen-bond acceptors (Lipinski definition) is 4. The number of nitrogens with zero attached hydrogens (tertiary/aromatic N) is 1. The molecule has 0 radical (unpaired) electrons. The predicted molar refractivity (Wildman–Crippen MR) is 115 cm³/mol. The average Bonchev–Trinajstić information content (AvgIpc) is 2.68. The highest BCUT2D eigenvalue weighted by atomic mass is 127. The van der Waals surface area contributed by atoms with Gasteiger partial charge in [0.25, 0.3) is 0 Å². The summed E-state index contributed by atoms with van der Waals surface area (Å²) < 4.78 is 51.8. The first-order valence-electron chi connectivity index (χ1n) is 8.34. The minimum Gasteiger partial charge on any atom is -0.493 e. The number of methoxy groups -OCH3 is 2. The maximum Gasteiger partial charge on any atom is 0.422 e. The Balaban J connectivity index is 0.00000420. The maximum atomic E-state index is 12.2. The summed E-state index contributed by atoms with van der Waals surface area (Å²) in [6.07, 6.45) is -4.38. The minimum absolute atomic E-state index is 0. The molecule has 10 heteroatoms. The third-order valence-electron chi connectivity index (χ3n) is 3.65. The lowest BCUT2D eigenvalue weighted by Gasteiger charge is -2.11. The number of aliphatic imine (C=N–C) groups is 1. The van der Waals surface area contributed by atoms with E-state index in [2.05, 4.69) is 10.3 Å². The van der Waals surface area contributed by atoms with Crippen LogP contribution in [-0.2, 0) is 13.1 Å².